The summed E-state index contributed by atoms with van der Waals surface area (Å²) < 4.78 is 23.3. The summed E-state index contributed by atoms with van der Waals surface area (Å²) in [6.07, 6.45) is 2.91. The topological polar surface area (TPSA) is 57.7 Å². The Labute approximate surface area is 72.0 Å². The third kappa shape index (κ3) is 2.18. The monoisotopic (exact) mass is 191 g/mol. The summed E-state index contributed by atoms with van der Waals surface area (Å²) >= 11 is 0. The standard InChI is InChI=1S/C6H11N2O3S/c1-12(10,11)8-4-2-7(6-9)3-5-8/h2-5H2,1H3. The zero-order chi connectivity index (χ0) is 9.19. The molecule has 69 valence electrons. The van der Waals surface area contributed by atoms with Gasteiger partial charge in [0.1, 0.15) is 0 Å². The number of hydrogen-bond donors (Lipinski definition) is 0. The summed E-state index contributed by atoms with van der Waals surface area (Å²) in [5.74, 6) is 0. The first-order chi connectivity index (χ1) is 5.54. The van der Waals surface area contributed by atoms with Crippen LogP contribution in [-0.2, 0) is 14.8 Å². The van der Waals surface area contributed by atoms with Gasteiger partial charge >= 0.3 is 6.41 Å². The van der Waals surface area contributed by atoms with Crippen molar-refractivity contribution in [2.45, 2.75) is 0 Å². The molecule has 1 aliphatic heterocycles. The third-order valence-corrected chi connectivity index (χ3v) is 3.14. The Bertz CT molecular complexity index is 254. The Hall–Kier alpha value is -0.620. The van der Waals surface area contributed by atoms with Crippen LogP contribution in [0.3, 0.4) is 0 Å². The van der Waals surface area contributed by atoms with E-state index < -0.39 is 10.0 Å². The number of piperazine rings is 1. The van der Waals surface area contributed by atoms with Crippen LogP contribution in [0.2, 0.25) is 0 Å². The van der Waals surface area contributed by atoms with Gasteiger partial charge in [0.05, 0.1) is 6.26 Å². The largest absolute Gasteiger partial charge is 0.332 e. The summed E-state index contributed by atoms with van der Waals surface area (Å²) in [4.78, 5) is 11.6. The van der Waals surface area contributed by atoms with Crippen LogP contribution in [-0.4, -0.2) is 56.5 Å². The van der Waals surface area contributed by atoms with Crippen LogP contribution >= 0.6 is 0 Å². The smallest absolute Gasteiger partial charge is 0.312 e. The summed E-state index contributed by atoms with van der Waals surface area (Å²) in [6.45, 7) is 1.65. The van der Waals surface area contributed by atoms with Crippen molar-refractivity contribution in [3.05, 3.63) is 0 Å². The fourth-order valence-electron chi connectivity index (χ4n) is 1.11. The van der Waals surface area contributed by atoms with Crippen LogP contribution in [0.25, 0.3) is 0 Å². The summed E-state index contributed by atoms with van der Waals surface area (Å²) in [7, 11) is -3.08. The number of nitrogens with zero attached hydrogens (tertiary/aromatic N) is 2. The summed E-state index contributed by atoms with van der Waals surface area (Å²) in [5, 5.41) is 0. The molecule has 1 saturated heterocycles. The van der Waals surface area contributed by atoms with Crippen molar-refractivity contribution in [3.8, 4) is 0 Å². The molecule has 1 aliphatic rings. The molecule has 0 aliphatic carbocycles. The Morgan fingerprint density at radius 3 is 2.00 bits per heavy atom. The highest BCUT2D eigenvalue weighted by Gasteiger charge is 2.22. The van der Waals surface area contributed by atoms with Crippen molar-refractivity contribution in [2.24, 2.45) is 0 Å². The first kappa shape index (κ1) is 9.47. The summed E-state index contributed by atoms with van der Waals surface area (Å²) in [6, 6.07) is 0. The van der Waals surface area contributed by atoms with Gasteiger partial charge in [-0.15, -0.1) is 0 Å². The molecule has 0 bridgehead atoms. The van der Waals surface area contributed by atoms with E-state index in [2.05, 4.69) is 0 Å². The normalized spacial score (nSPS) is 20.9. The number of amides is 1. The zero-order valence-corrected chi connectivity index (χ0v) is 7.67. The van der Waals surface area contributed by atoms with Crippen LogP contribution in [0.1, 0.15) is 0 Å². The van der Waals surface area contributed by atoms with Gasteiger partial charge in [0.15, 0.2) is 0 Å². The zero-order valence-electron chi connectivity index (χ0n) is 6.86. The van der Waals surface area contributed by atoms with Crippen molar-refractivity contribution >= 4 is 16.4 Å². The maximum atomic E-state index is 11.0. The Balaban J connectivity index is 2.52. The molecule has 12 heavy (non-hydrogen) atoms. The van der Waals surface area contributed by atoms with Crippen molar-refractivity contribution < 1.29 is 13.2 Å². The molecule has 5 nitrogen and oxygen atoms in total. The van der Waals surface area contributed by atoms with Gasteiger partial charge in [0.25, 0.3) is 0 Å². The van der Waals surface area contributed by atoms with Crippen LogP contribution < -0.4 is 0 Å². The van der Waals surface area contributed by atoms with E-state index in [-0.39, 0.29) is 0 Å². The molecule has 1 amide bonds. The third-order valence-electron chi connectivity index (χ3n) is 1.84. The molecule has 1 radical (unpaired) electrons. The van der Waals surface area contributed by atoms with Gasteiger partial charge in [-0.05, 0) is 0 Å². The van der Waals surface area contributed by atoms with Crippen molar-refractivity contribution in [1.82, 2.24) is 9.21 Å². The molecule has 0 N–H and O–H groups in total. The Kier molecular flexibility index (Phi) is 2.69. The quantitative estimate of drug-likeness (QED) is 0.541. The molecule has 0 spiro atoms. The van der Waals surface area contributed by atoms with Gasteiger partial charge in [-0.25, -0.2) is 8.42 Å². The molecule has 6 heteroatoms. The van der Waals surface area contributed by atoms with Gasteiger partial charge < -0.3 is 4.90 Å². The molecule has 1 rings (SSSR count). The minimum absolute atomic E-state index is 0.383. The molecular formula is C6H11N2O3S. The highest BCUT2D eigenvalue weighted by atomic mass is 32.2. The molecule has 0 aromatic heterocycles. The predicted molar refractivity (Wildman–Crippen MR) is 43.7 cm³/mol. The maximum absolute atomic E-state index is 11.0. The number of carbonyl (C=O) groups excluding carboxylic acids is 1. The molecular weight excluding hydrogens is 180 g/mol. The Morgan fingerprint density at radius 2 is 1.67 bits per heavy atom. The van der Waals surface area contributed by atoms with E-state index in [0.29, 0.717) is 26.2 Å². The Morgan fingerprint density at radius 1 is 1.17 bits per heavy atom. The second kappa shape index (κ2) is 3.40. The lowest BCUT2D eigenvalue weighted by atomic mass is 10.4. The lowest BCUT2D eigenvalue weighted by Crippen LogP contribution is -2.47. The van der Waals surface area contributed by atoms with Crippen LogP contribution in [0.15, 0.2) is 0 Å². The first-order valence-electron chi connectivity index (χ1n) is 3.62. The molecule has 0 unspecified atom stereocenters. The molecule has 0 saturated carbocycles. The van der Waals surface area contributed by atoms with Gasteiger partial charge in [-0.2, -0.15) is 4.31 Å². The fraction of sp³-hybridized carbons (Fsp3) is 0.833. The van der Waals surface area contributed by atoms with E-state index in [9.17, 15) is 13.2 Å². The van der Waals surface area contributed by atoms with Crippen LogP contribution in [0, 0.1) is 0 Å². The van der Waals surface area contributed by atoms with E-state index in [1.165, 1.54) is 15.5 Å². The summed E-state index contributed by atoms with van der Waals surface area (Å²) in [5.41, 5.74) is 0. The van der Waals surface area contributed by atoms with Gasteiger partial charge in [-0.3, -0.25) is 4.79 Å². The average molecular weight is 191 g/mol. The van der Waals surface area contributed by atoms with Crippen molar-refractivity contribution in [1.29, 1.82) is 0 Å². The molecule has 0 aromatic carbocycles. The highest BCUT2D eigenvalue weighted by molar-refractivity contribution is 7.88. The SMILES string of the molecule is CS(=O)(=O)N1CCN([C]=O)CC1. The van der Waals surface area contributed by atoms with E-state index in [1.807, 2.05) is 0 Å². The first-order valence-corrected chi connectivity index (χ1v) is 5.47. The highest BCUT2D eigenvalue weighted by Crippen LogP contribution is 2.03. The molecule has 0 aromatic rings. The van der Waals surface area contributed by atoms with E-state index in [4.69, 9.17) is 0 Å². The van der Waals surface area contributed by atoms with Crippen molar-refractivity contribution in [2.75, 3.05) is 32.4 Å². The van der Waals surface area contributed by atoms with E-state index in [0.717, 1.165) is 0 Å². The predicted octanol–water partition coefficient (Wildman–Crippen LogP) is -1.37. The van der Waals surface area contributed by atoms with Crippen molar-refractivity contribution in [3.63, 3.8) is 0 Å². The lowest BCUT2D eigenvalue weighted by Gasteiger charge is -2.29. The minimum Gasteiger partial charge on any atom is -0.332 e. The maximum Gasteiger partial charge on any atom is 0.312 e. The molecule has 1 fully saturated rings. The average Bonchev–Trinajstić information content (AvgIpc) is 2.03. The molecule has 0 atom stereocenters. The van der Waals surface area contributed by atoms with Crippen LogP contribution in [0.5, 0.6) is 0 Å². The number of sulfonamides is 1. The fourth-order valence-corrected chi connectivity index (χ4v) is 1.94. The number of hydrogen-bond acceptors (Lipinski definition) is 3. The molecule has 1 heterocycles. The van der Waals surface area contributed by atoms with Gasteiger partial charge in [0.2, 0.25) is 10.0 Å². The van der Waals surface area contributed by atoms with E-state index in [1.54, 1.807) is 6.41 Å². The second-order valence-corrected chi connectivity index (χ2v) is 4.72. The number of rotatable bonds is 2. The minimum atomic E-state index is -3.08. The lowest BCUT2D eigenvalue weighted by molar-refractivity contribution is 0.258. The van der Waals surface area contributed by atoms with E-state index >= 15 is 0 Å². The van der Waals surface area contributed by atoms with Crippen LogP contribution in [0.4, 0.5) is 0 Å². The van der Waals surface area contributed by atoms with Gasteiger partial charge in [0, 0.05) is 26.2 Å². The second-order valence-electron chi connectivity index (χ2n) is 2.74. The van der Waals surface area contributed by atoms with Gasteiger partial charge in [-0.1, -0.05) is 0 Å².